The highest BCUT2D eigenvalue weighted by molar-refractivity contribution is 7.85. The molecule has 66 heavy (non-hydrogen) atoms. The predicted molar refractivity (Wildman–Crippen MR) is 265 cm³/mol. The van der Waals surface area contributed by atoms with Gasteiger partial charge in [-0.25, -0.2) is 0 Å². The molecule has 0 saturated carbocycles. The van der Waals surface area contributed by atoms with Crippen LogP contribution < -0.4 is 0 Å². The summed E-state index contributed by atoms with van der Waals surface area (Å²) in [5.74, 6) is -2.15. The van der Waals surface area contributed by atoms with E-state index in [1.165, 1.54) is 83.5 Å². The van der Waals surface area contributed by atoms with Crippen LogP contribution in [0.25, 0.3) is 0 Å². The Bertz CT molecular complexity index is 1530. The Kier molecular flexibility index (Phi) is 38.7. The lowest BCUT2D eigenvalue weighted by Crippen LogP contribution is -2.60. The number of esters is 2. The second kappa shape index (κ2) is 42.0. The molecule has 378 valence electrons. The van der Waals surface area contributed by atoms with Crippen LogP contribution in [0.4, 0.5) is 0 Å². The summed E-state index contributed by atoms with van der Waals surface area (Å²) in [4.78, 5) is 25.4. The van der Waals surface area contributed by atoms with E-state index in [0.717, 1.165) is 57.8 Å². The Morgan fingerprint density at radius 1 is 0.545 bits per heavy atom. The minimum absolute atomic E-state index is 0.0719. The number of hydrogen-bond donors (Lipinski definition) is 4. The van der Waals surface area contributed by atoms with Crippen LogP contribution in [0.5, 0.6) is 0 Å². The van der Waals surface area contributed by atoms with E-state index in [1.54, 1.807) is 6.08 Å². The molecule has 0 bridgehead atoms. The van der Waals surface area contributed by atoms with E-state index in [1.807, 2.05) is 18.2 Å². The van der Waals surface area contributed by atoms with Crippen molar-refractivity contribution in [2.24, 2.45) is 0 Å². The first-order valence-corrected chi connectivity index (χ1v) is 26.8. The van der Waals surface area contributed by atoms with Gasteiger partial charge >= 0.3 is 11.9 Å². The maximum Gasteiger partial charge on any atom is 0.310 e. The van der Waals surface area contributed by atoms with Crippen molar-refractivity contribution in [1.29, 1.82) is 0 Å². The van der Waals surface area contributed by atoms with Crippen molar-refractivity contribution in [3.63, 3.8) is 0 Å². The molecule has 0 amide bonds. The molecule has 1 aliphatic rings. The molecule has 0 spiro atoms. The molecule has 4 N–H and O–H groups in total. The van der Waals surface area contributed by atoms with Gasteiger partial charge in [0.1, 0.15) is 36.8 Å². The van der Waals surface area contributed by atoms with E-state index in [4.69, 9.17) is 18.9 Å². The SMILES string of the molecule is CC/C=C\C/C=C\C/C=C\C/C=C\C/C=C\CC(=O)OC(COC(=O)CCCCCCCCCCCCC/C=C\C/C=C\CCCCCCC)COC1OC(CS(=O)(=O)O)C(O)C(O)C1O. The third-order valence-corrected chi connectivity index (χ3v) is 11.7. The summed E-state index contributed by atoms with van der Waals surface area (Å²) in [7, 11) is -4.62. The molecule has 1 saturated heterocycles. The van der Waals surface area contributed by atoms with E-state index in [9.17, 15) is 37.9 Å². The summed E-state index contributed by atoms with van der Waals surface area (Å²) in [6.07, 6.45) is 46.6. The smallest absolute Gasteiger partial charge is 0.310 e. The maximum absolute atomic E-state index is 12.8. The molecule has 0 radical (unpaired) electrons. The lowest BCUT2D eigenvalue weighted by Gasteiger charge is -2.40. The van der Waals surface area contributed by atoms with Crippen LogP contribution in [0.1, 0.15) is 181 Å². The predicted octanol–water partition coefficient (Wildman–Crippen LogP) is 11.2. The quantitative estimate of drug-likeness (QED) is 0.0197. The summed E-state index contributed by atoms with van der Waals surface area (Å²) < 4.78 is 54.0. The minimum Gasteiger partial charge on any atom is -0.462 e. The molecule has 0 aromatic carbocycles. The molecule has 1 heterocycles. The topological polar surface area (TPSA) is 186 Å². The van der Waals surface area contributed by atoms with Crippen molar-refractivity contribution < 1.29 is 56.8 Å². The van der Waals surface area contributed by atoms with Gasteiger partial charge in [-0.05, 0) is 70.6 Å². The molecular weight excluding hydrogens is 861 g/mol. The Labute approximate surface area is 399 Å². The first-order valence-electron chi connectivity index (χ1n) is 25.1. The second-order valence-corrected chi connectivity index (χ2v) is 18.6. The van der Waals surface area contributed by atoms with Gasteiger partial charge in [-0.3, -0.25) is 14.1 Å². The van der Waals surface area contributed by atoms with Crippen LogP contribution in [0.15, 0.2) is 85.1 Å². The van der Waals surface area contributed by atoms with Gasteiger partial charge in [-0.2, -0.15) is 8.42 Å². The molecule has 0 aliphatic carbocycles. The second-order valence-electron chi connectivity index (χ2n) is 17.1. The number of aliphatic hydroxyl groups is 3. The van der Waals surface area contributed by atoms with Gasteiger partial charge in [0.15, 0.2) is 12.4 Å². The number of unbranched alkanes of at least 4 members (excludes halogenated alkanes) is 16. The molecule has 6 unspecified atom stereocenters. The standard InChI is InChI=1S/C53H88O12S/c1-3-5-7-9-11-13-15-17-19-20-21-22-23-24-25-26-28-29-31-33-35-37-39-41-48(54)62-43-46(44-63-53-52(58)51(57)50(56)47(65-53)45-66(59,60)61)64-49(55)42-40-38-36-34-32-30-27-18-16-14-12-10-8-6-4-2/h6,8,12,14-15,17-18,20-21,27,32,34,38,40,46-47,50-53,56-58H,3-5,7,9-11,13,16,19,22-26,28-31,33,35-37,39,41-45H2,1-2H3,(H,59,60,61)/b8-6-,14-12-,17-15-,21-20-,27-18-,34-32-,40-38-. The summed E-state index contributed by atoms with van der Waals surface area (Å²) in [6.45, 7) is 3.55. The lowest BCUT2D eigenvalue weighted by atomic mass is 10.00. The number of carbonyl (C=O) groups excluding carboxylic acids is 2. The van der Waals surface area contributed by atoms with Crippen molar-refractivity contribution in [2.45, 2.75) is 218 Å². The molecule has 0 aromatic rings. The number of rotatable bonds is 41. The first-order chi connectivity index (χ1) is 32.0. The summed E-state index contributed by atoms with van der Waals surface area (Å²) >= 11 is 0. The Balaban J connectivity index is 2.40. The number of allylic oxidation sites excluding steroid dienone is 13. The monoisotopic (exact) mass is 949 g/mol. The number of ether oxygens (including phenoxy) is 4. The highest BCUT2D eigenvalue weighted by Gasteiger charge is 2.46. The summed E-state index contributed by atoms with van der Waals surface area (Å²) in [5, 5.41) is 30.9. The van der Waals surface area contributed by atoms with E-state index in [2.05, 4.69) is 74.6 Å². The highest BCUT2D eigenvalue weighted by Crippen LogP contribution is 2.24. The van der Waals surface area contributed by atoms with E-state index < -0.39 is 71.2 Å². The van der Waals surface area contributed by atoms with Crippen LogP contribution in [0.3, 0.4) is 0 Å². The van der Waals surface area contributed by atoms with Crippen LogP contribution >= 0.6 is 0 Å². The van der Waals surface area contributed by atoms with Crippen molar-refractivity contribution in [3.8, 4) is 0 Å². The normalized spacial score (nSPS) is 20.1. The van der Waals surface area contributed by atoms with E-state index in [0.29, 0.717) is 12.8 Å². The van der Waals surface area contributed by atoms with E-state index >= 15 is 0 Å². The van der Waals surface area contributed by atoms with Crippen molar-refractivity contribution in [2.75, 3.05) is 19.0 Å². The molecule has 1 fully saturated rings. The summed E-state index contributed by atoms with van der Waals surface area (Å²) in [6, 6.07) is 0. The summed E-state index contributed by atoms with van der Waals surface area (Å²) in [5.41, 5.74) is 0. The largest absolute Gasteiger partial charge is 0.462 e. The Morgan fingerprint density at radius 2 is 1.00 bits per heavy atom. The number of aliphatic hydroxyl groups excluding tert-OH is 3. The molecule has 13 heteroatoms. The van der Waals surface area contributed by atoms with Crippen LogP contribution in [-0.4, -0.2) is 96.0 Å². The fourth-order valence-electron chi connectivity index (χ4n) is 7.14. The van der Waals surface area contributed by atoms with Crippen molar-refractivity contribution in [3.05, 3.63) is 85.1 Å². The van der Waals surface area contributed by atoms with Gasteiger partial charge in [0, 0.05) is 6.42 Å². The number of hydrogen-bond acceptors (Lipinski definition) is 11. The van der Waals surface area contributed by atoms with E-state index in [-0.39, 0.29) is 19.4 Å². The third kappa shape index (κ3) is 35.9. The minimum atomic E-state index is -4.62. The maximum atomic E-state index is 12.8. The van der Waals surface area contributed by atoms with Gasteiger partial charge in [0.2, 0.25) is 0 Å². The zero-order chi connectivity index (χ0) is 48.4. The molecular formula is C53H88O12S. The fraction of sp³-hybridized carbons (Fsp3) is 0.698. The molecule has 0 aromatic heterocycles. The molecule has 1 rings (SSSR count). The zero-order valence-corrected chi connectivity index (χ0v) is 41.3. The van der Waals surface area contributed by atoms with Gasteiger partial charge < -0.3 is 34.3 Å². The number of carbonyl (C=O) groups is 2. The van der Waals surface area contributed by atoms with Gasteiger partial charge in [-0.1, -0.05) is 182 Å². The average molecular weight is 949 g/mol. The lowest BCUT2D eigenvalue weighted by molar-refractivity contribution is -0.297. The van der Waals surface area contributed by atoms with Crippen LogP contribution in [0, 0.1) is 0 Å². The van der Waals surface area contributed by atoms with Gasteiger partial charge in [0.05, 0.1) is 13.0 Å². The zero-order valence-electron chi connectivity index (χ0n) is 40.5. The van der Waals surface area contributed by atoms with Crippen molar-refractivity contribution in [1.82, 2.24) is 0 Å². The Hall–Kier alpha value is -3.17. The third-order valence-electron chi connectivity index (χ3n) is 11.0. The molecule has 12 nitrogen and oxygen atoms in total. The Morgan fingerprint density at radius 3 is 1.50 bits per heavy atom. The van der Waals surface area contributed by atoms with Crippen molar-refractivity contribution >= 4 is 22.1 Å². The highest BCUT2D eigenvalue weighted by atomic mass is 32.2. The molecule has 1 aliphatic heterocycles. The van der Waals surface area contributed by atoms with Gasteiger partial charge in [0.25, 0.3) is 10.1 Å². The van der Waals surface area contributed by atoms with Gasteiger partial charge in [-0.15, -0.1) is 0 Å². The van der Waals surface area contributed by atoms with Crippen LogP contribution in [0.2, 0.25) is 0 Å². The fourth-order valence-corrected chi connectivity index (χ4v) is 7.83. The van der Waals surface area contributed by atoms with Crippen LogP contribution in [-0.2, 0) is 38.7 Å². The average Bonchev–Trinajstić information content (AvgIpc) is 3.28. The first kappa shape index (κ1) is 60.8. The molecule has 6 atom stereocenters.